The molecule has 0 aliphatic carbocycles. The van der Waals surface area contributed by atoms with Crippen molar-refractivity contribution >= 4 is 51.8 Å². The van der Waals surface area contributed by atoms with Crippen molar-refractivity contribution < 1.29 is 9.53 Å². The first-order chi connectivity index (χ1) is 18.4. The number of piperazine rings is 1. The molecule has 1 aromatic heterocycles. The highest BCUT2D eigenvalue weighted by Crippen LogP contribution is 2.36. The van der Waals surface area contributed by atoms with Crippen LogP contribution in [0.4, 0.5) is 11.5 Å². The molecule has 3 heterocycles. The van der Waals surface area contributed by atoms with Crippen LogP contribution in [0.3, 0.4) is 0 Å². The maximum Gasteiger partial charge on any atom is 0.270 e. The summed E-state index contributed by atoms with van der Waals surface area (Å²) in [6.07, 6.45) is 3.26. The number of hydrogen-bond donors (Lipinski definition) is 0. The second-order valence-electron chi connectivity index (χ2n) is 9.30. The largest absolute Gasteiger partial charge is 0.385 e. The van der Waals surface area contributed by atoms with Gasteiger partial charge in [0.15, 0.2) is 0 Å². The Kier molecular flexibility index (Phi) is 9.26. The Labute approximate surface area is 233 Å². The molecule has 4 rings (SSSR count). The second-order valence-corrected chi connectivity index (χ2v) is 11.0. The summed E-state index contributed by atoms with van der Waals surface area (Å²) in [4.78, 5) is 33.4. The molecular weight excluding hydrogens is 518 g/mol. The summed E-state index contributed by atoms with van der Waals surface area (Å²) in [5.41, 5.74) is 2.34. The molecule has 0 N–H and O–H groups in total. The number of thioether (sulfide) groups is 1. The third-order valence-corrected chi connectivity index (χ3v) is 8.25. The molecule has 2 aliphatic rings. The molecule has 38 heavy (non-hydrogen) atoms. The summed E-state index contributed by atoms with van der Waals surface area (Å²) in [7, 11) is 1.63. The predicted octanol–water partition coefficient (Wildman–Crippen LogP) is 4.00. The molecule has 0 spiro atoms. The number of hydrogen-bond acceptors (Lipinski definition) is 8. The van der Waals surface area contributed by atoms with Crippen LogP contribution in [-0.2, 0) is 16.1 Å². The molecule has 200 valence electrons. The van der Waals surface area contributed by atoms with Gasteiger partial charge in [-0.3, -0.25) is 19.1 Å². The number of thiocarbonyl (C=S) groups is 1. The van der Waals surface area contributed by atoms with E-state index in [1.807, 2.05) is 31.2 Å². The lowest BCUT2D eigenvalue weighted by atomic mass is 10.0. The number of ether oxygens (including phenoxy) is 1. The number of amides is 1. The molecule has 1 aromatic carbocycles. The van der Waals surface area contributed by atoms with Crippen LogP contribution in [0.5, 0.6) is 0 Å². The molecule has 0 radical (unpaired) electrons. The van der Waals surface area contributed by atoms with Gasteiger partial charge in [-0.05, 0) is 43.5 Å². The number of nitrogens with zero attached hydrogens (tertiary/aromatic N) is 5. The van der Waals surface area contributed by atoms with Crippen LogP contribution in [0, 0.1) is 18.3 Å². The van der Waals surface area contributed by atoms with Crippen molar-refractivity contribution in [3.05, 3.63) is 62.3 Å². The van der Waals surface area contributed by atoms with Crippen molar-refractivity contribution in [2.24, 2.45) is 0 Å². The van der Waals surface area contributed by atoms with Crippen LogP contribution in [0.25, 0.3) is 6.08 Å². The molecular formula is C28H33N5O3S2. The Bertz CT molecular complexity index is 1320. The van der Waals surface area contributed by atoms with Gasteiger partial charge in [0, 0.05) is 64.2 Å². The minimum absolute atomic E-state index is 0.118. The smallest absolute Gasteiger partial charge is 0.270 e. The van der Waals surface area contributed by atoms with Gasteiger partial charge in [-0.25, -0.2) is 0 Å². The predicted molar refractivity (Wildman–Crippen MR) is 158 cm³/mol. The quantitative estimate of drug-likeness (QED) is 0.263. The zero-order chi connectivity index (χ0) is 27.2. The average Bonchev–Trinajstić information content (AvgIpc) is 3.20. The number of aromatic nitrogens is 1. The van der Waals surface area contributed by atoms with E-state index >= 15 is 0 Å². The number of benzene rings is 1. The molecule has 2 aliphatic heterocycles. The molecule has 10 heteroatoms. The number of carbonyl (C=O) groups excluding carboxylic acids is 1. The highest BCUT2D eigenvalue weighted by atomic mass is 32.2. The van der Waals surface area contributed by atoms with Crippen LogP contribution in [0.2, 0.25) is 0 Å². The van der Waals surface area contributed by atoms with Gasteiger partial charge in [0.05, 0.1) is 4.91 Å². The third kappa shape index (κ3) is 5.65. The Morgan fingerprint density at radius 1 is 1.11 bits per heavy atom. The first-order valence-corrected chi connectivity index (χ1v) is 14.1. The van der Waals surface area contributed by atoms with E-state index in [-0.39, 0.29) is 17.0 Å². The topological polar surface area (TPSA) is 81.8 Å². The molecule has 0 saturated carbocycles. The van der Waals surface area contributed by atoms with Gasteiger partial charge in [0.2, 0.25) is 0 Å². The third-order valence-electron chi connectivity index (χ3n) is 6.87. The van der Waals surface area contributed by atoms with Crippen molar-refractivity contribution in [3.63, 3.8) is 0 Å². The summed E-state index contributed by atoms with van der Waals surface area (Å²) in [6.45, 7) is 8.34. The number of pyridine rings is 1. The first kappa shape index (κ1) is 27.9. The van der Waals surface area contributed by atoms with Crippen molar-refractivity contribution in [3.8, 4) is 6.07 Å². The van der Waals surface area contributed by atoms with Crippen molar-refractivity contribution in [2.75, 3.05) is 56.2 Å². The molecule has 1 amide bonds. The summed E-state index contributed by atoms with van der Waals surface area (Å²) in [5.74, 6) is 0.618. The fourth-order valence-corrected chi connectivity index (χ4v) is 6.21. The Hall–Kier alpha value is -3.13. The average molecular weight is 552 g/mol. The normalized spacial score (nSPS) is 17.0. The van der Waals surface area contributed by atoms with Crippen LogP contribution >= 0.6 is 24.0 Å². The van der Waals surface area contributed by atoms with Gasteiger partial charge < -0.3 is 14.5 Å². The lowest BCUT2D eigenvalue weighted by Crippen LogP contribution is -2.48. The van der Waals surface area contributed by atoms with Gasteiger partial charge in [0.25, 0.3) is 11.5 Å². The van der Waals surface area contributed by atoms with E-state index in [1.165, 1.54) is 17.4 Å². The standard InChI is InChI=1S/C28H33N5O3S2/c1-4-11-32-25(31-15-13-30(14-16-31)21-9-6-5-7-10-21)22(20(2)23(19-29)26(32)34)18-24-27(35)33(28(37)38-24)12-8-17-36-3/h5-7,9-10,18H,4,8,11-17H2,1-3H3/b24-18-. The molecule has 0 bridgehead atoms. The SMILES string of the molecule is CCCn1c(N2CCN(c3ccccc3)CC2)c(/C=C2\SC(=S)N(CCCOC)C2=O)c(C)c(C#N)c1=O. The molecule has 2 fully saturated rings. The van der Waals surface area contributed by atoms with E-state index in [0.717, 1.165) is 30.9 Å². The van der Waals surface area contributed by atoms with E-state index in [0.29, 0.717) is 54.0 Å². The summed E-state index contributed by atoms with van der Waals surface area (Å²) >= 11 is 6.77. The van der Waals surface area contributed by atoms with E-state index in [1.54, 1.807) is 23.5 Å². The van der Waals surface area contributed by atoms with Crippen molar-refractivity contribution in [1.82, 2.24) is 9.47 Å². The maximum atomic E-state index is 13.4. The number of carbonyl (C=O) groups is 1. The van der Waals surface area contributed by atoms with E-state index in [4.69, 9.17) is 17.0 Å². The van der Waals surface area contributed by atoms with E-state index in [2.05, 4.69) is 28.0 Å². The monoisotopic (exact) mass is 551 g/mol. The first-order valence-electron chi connectivity index (χ1n) is 12.9. The number of nitriles is 1. The molecule has 8 nitrogen and oxygen atoms in total. The molecule has 0 unspecified atom stereocenters. The highest BCUT2D eigenvalue weighted by Gasteiger charge is 2.33. The van der Waals surface area contributed by atoms with Crippen LogP contribution in [0.15, 0.2) is 40.0 Å². The molecule has 2 aromatic rings. The summed E-state index contributed by atoms with van der Waals surface area (Å²) in [5, 5.41) is 9.88. The van der Waals surface area contributed by atoms with Crippen LogP contribution in [-0.4, -0.2) is 66.1 Å². The minimum Gasteiger partial charge on any atom is -0.385 e. The number of methoxy groups -OCH3 is 1. The van der Waals surface area contributed by atoms with Gasteiger partial charge in [-0.1, -0.05) is 49.1 Å². The van der Waals surface area contributed by atoms with E-state index in [9.17, 15) is 14.9 Å². The van der Waals surface area contributed by atoms with Gasteiger partial charge >= 0.3 is 0 Å². The van der Waals surface area contributed by atoms with Crippen molar-refractivity contribution in [1.29, 1.82) is 5.26 Å². The number of para-hydroxylation sites is 1. The Morgan fingerprint density at radius 2 is 1.79 bits per heavy atom. The summed E-state index contributed by atoms with van der Waals surface area (Å²) < 4.78 is 7.35. The van der Waals surface area contributed by atoms with Crippen LogP contribution < -0.4 is 15.4 Å². The van der Waals surface area contributed by atoms with Gasteiger partial charge in [-0.15, -0.1) is 0 Å². The maximum absolute atomic E-state index is 13.4. The Morgan fingerprint density at radius 3 is 2.42 bits per heavy atom. The molecule has 0 atom stereocenters. The van der Waals surface area contributed by atoms with Gasteiger partial charge in [-0.2, -0.15) is 5.26 Å². The van der Waals surface area contributed by atoms with E-state index < -0.39 is 0 Å². The fraction of sp³-hybridized carbons (Fsp3) is 0.429. The number of rotatable bonds is 9. The Balaban J connectivity index is 1.75. The highest BCUT2D eigenvalue weighted by molar-refractivity contribution is 8.26. The van der Waals surface area contributed by atoms with Crippen LogP contribution in [0.1, 0.15) is 36.5 Å². The zero-order valence-corrected chi connectivity index (χ0v) is 23.7. The lowest BCUT2D eigenvalue weighted by molar-refractivity contribution is -0.122. The minimum atomic E-state index is -0.281. The second kappa shape index (κ2) is 12.6. The zero-order valence-electron chi connectivity index (χ0n) is 22.1. The molecule has 2 saturated heterocycles. The van der Waals surface area contributed by atoms with Crippen molar-refractivity contribution in [2.45, 2.75) is 33.2 Å². The number of anilines is 2. The lowest BCUT2D eigenvalue weighted by Gasteiger charge is -2.39. The summed E-state index contributed by atoms with van der Waals surface area (Å²) in [6, 6.07) is 12.4. The fourth-order valence-electron chi connectivity index (χ4n) is 4.92. The van der Waals surface area contributed by atoms with Gasteiger partial charge in [0.1, 0.15) is 21.8 Å².